The molecule has 0 aromatic heterocycles. The Morgan fingerprint density at radius 2 is 1.56 bits per heavy atom. The normalized spacial score (nSPS) is 48.7. The molecule has 5 aliphatic carbocycles. The van der Waals surface area contributed by atoms with Crippen molar-refractivity contribution in [3.63, 3.8) is 0 Å². The number of nitrogens with one attached hydrogen (secondary N) is 1. The van der Waals surface area contributed by atoms with Crippen LogP contribution in [0.2, 0.25) is 18.1 Å². The number of alkyl carbamates (subject to hydrolysis) is 1. The van der Waals surface area contributed by atoms with Crippen LogP contribution in [0.3, 0.4) is 0 Å². The van der Waals surface area contributed by atoms with Gasteiger partial charge in [-0.25, -0.2) is 4.79 Å². The summed E-state index contributed by atoms with van der Waals surface area (Å²) in [5, 5.41) is 2.70. The Balaban J connectivity index is 1.44. The lowest BCUT2D eigenvalue weighted by Crippen LogP contribution is -2.60. The highest BCUT2D eigenvalue weighted by atomic mass is 28.4. The fraction of sp³-hybridized carbons (Fsp3) is 0.974. The van der Waals surface area contributed by atoms with E-state index < -0.39 is 8.32 Å². The molecule has 0 radical (unpaired) electrons. The molecule has 5 nitrogen and oxygen atoms in total. The Labute approximate surface area is 277 Å². The summed E-state index contributed by atoms with van der Waals surface area (Å²) >= 11 is 0. The van der Waals surface area contributed by atoms with E-state index in [4.69, 9.17) is 13.9 Å². The number of hydrogen-bond acceptors (Lipinski definition) is 4. The van der Waals surface area contributed by atoms with Gasteiger partial charge in [-0.3, -0.25) is 0 Å². The summed E-state index contributed by atoms with van der Waals surface area (Å²) in [4.78, 5) is 12.5. The van der Waals surface area contributed by atoms with Gasteiger partial charge in [0.05, 0.1) is 18.3 Å². The number of fused-ring (bicyclic) bond motifs is 4. The van der Waals surface area contributed by atoms with Crippen LogP contribution in [0, 0.1) is 62.6 Å². The van der Waals surface area contributed by atoms with E-state index in [0.717, 1.165) is 18.3 Å². The smallest absolute Gasteiger partial charge is 0.407 e. The standard InChI is InChI=1S/C39H69NO4Si/c1-13-45(14-2,15-3)44-33-32-30(25(6)22-27(42-32)31(24(4)5)43-34(41)40-12)36(10)20-21-39-23-38(39)19-18-26(7)35(8,9)28(38)16-17-29(39)37(33,36)11/h24-33H,13-23H2,1-12H3,(H,40,41)/t25-,26+,27-,28+,29+,30+,31-,32+,33+,36-,37-,38-,39+/m1/s1. The molecule has 6 rings (SSSR count). The average Bonchev–Trinajstić information content (AvgIpc) is 3.63. The fourth-order valence-corrected chi connectivity index (χ4v) is 16.9. The summed E-state index contributed by atoms with van der Waals surface area (Å²) in [6, 6.07) is 3.51. The second-order valence-corrected chi connectivity index (χ2v) is 23.4. The van der Waals surface area contributed by atoms with Crippen LogP contribution in [-0.2, 0) is 13.9 Å². The van der Waals surface area contributed by atoms with Crippen LogP contribution in [0.1, 0.15) is 128 Å². The third-order valence-electron chi connectivity index (χ3n) is 17.1. The Morgan fingerprint density at radius 3 is 2.16 bits per heavy atom. The highest BCUT2D eigenvalue weighted by Gasteiger charge is 2.84. The van der Waals surface area contributed by atoms with Crippen molar-refractivity contribution in [3.8, 4) is 0 Å². The zero-order valence-electron chi connectivity index (χ0n) is 31.2. The molecule has 0 unspecified atom stereocenters. The maximum Gasteiger partial charge on any atom is 0.407 e. The Hall–Kier alpha value is -0.593. The molecule has 0 aromatic rings. The minimum Gasteiger partial charge on any atom is -0.443 e. The Kier molecular flexibility index (Phi) is 8.55. The second-order valence-electron chi connectivity index (χ2n) is 18.7. The van der Waals surface area contributed by atoms with Crippen molar-refractivity contribution in [2.24, 2.45) is 62.6 Å². The first-order valence-corrected chi connectivity index (χ1v) is 21.8. The maximum atomic E-state index is 12.5. The van der Waals surface area contributed by atoms with E-state index in [-0.39, 0.29) is 47.3 Å². The van der Waals surface area contributed by atoms with Crippen LogP contribution in [0.4, 0.5) is 4.79 Å². The van der Waals surface area contributed by atoms with E-state index in [1.807, 2.05) is 0 Å². The summed E-state index contributed by atoms with van der Waals surface area (Å²) in [6.07, 6.45) is 10.2. The molecular weight excluding hydrogens is 575 g/mol. The van der Waals surface area contributed by atoms with Crippen LogP contribution in [0.5, 0.6) is 0 Å². The van der Waals surface area contributed by atoms with E-state index >= 15 is 0 Å². The van der Waals surface area contributed by atoms with Crippen LogP contribution in [0.15, 0.2) is 0 Å². The Morgan fingerprint density at radius 1 is 0.933 bits per heavy atom. The lowest BCUT2D eigenvalue weighted by molar-refractivity contribution is -0.177. The number of hydrogen-bond donors (Lipinski definition) is 1. The molecule has 2 spiro atoms. The van der Waals surface area contributed by atoms with Crippen molar-refractivity contribution in [1.82, 2.24) is 5.32 Å². The molecule has 6 heteroatoms. The Bertz CT molecular complexity index is 1130. The van der Waals surface area contributed by atoms with Crippen LogP contribution in [-0.4, -0.2) is 45.9 Å². The van der Waals surface area contributed by atoms with Gasteiger partial charge in [0.2, 0.25) is 0 Å². The maximum absolute atomic E-state index is 12.5. The van der Waals surface area contributed by atoms with Crippen LogP contribution < -0.4 is 5.32 Å². The van der Waals surface area contributed by atoms with E-state index in [0.29, 0.717) is 34.0 Å². The van der Waals surface area contributed by atoms with Gasteiger partial charge in [-0.05, 0) is 127 Å². The van der Waals surface area contributed by atoms with Crippen molar-refractivity contribution < 1.29 is 18.7 Å². The zero-order valence-corrected chi connectivity index (χ0v) is 32.2. The van der Waals surface area contributed by atoms with Crippen molar-refractivity contribution in [3.05, 3.63) is 0 Å². The first-order valence-electron chi connectivity index (χ1n) is 19.3. The highest BCUT2D eigenvalue weighted by Crippen LogP contribution is 2.89. The molecule has 6 fully saturated rings. The zero-order chi connectivity index (χ0) is 33.0. The quantitative estimate of drug-likeness (QED) is 0.268. The molecular formula is C39H69NO4Si. The minimum atomic E-state index is -1.95. The number of rotatable bonds is 8. The van der Waals surface area contributed by atoms with Crippen molar-refractivity contribution in [1.29, 1.82) is 0 Å². The third-order valence-corrected chi connectivity index (χ3v) is 21.7. The van der Waals surface area contributed by atoms with Gasteiger partial charge in [0.15, 0.2) is 8.32 Å². The van der Waals surface area contributed by atoms with E-state index in [2.05, 4.69) is 81.5 Å². The predicted octanol–water partition coefficient (Wildman–Crippen LogP) is 9.85. The highest BCUT2D eigenvalue weighted by molar-refractivity contribution is 6.73. The second kappa shape index (κ2) is 11.2. The molecule has 0 aromatic carbocycles. The van der Waals surface area contributed by atoms with Gasteiger partial charge in [-0.15, -0.1) is 0 Å². The lowest BCUT2D eigenvalue weighted by atomic mass is 9.41. The number of carbonyl (C=O) groups is 1. The van der Waals surface area contributed by atoms with Gasteiger partial charge >= 0.3 is 6.09 Å². The molecule has 45 heavy (non-hydrogen) atoms. The van der Waals surface area contributed by atoms with Crippen molar-refractivity contribution in [2.75, 3.05) is 7.05 Å². The van der Waals surface area contributed by atoms with Crippen LogP contribution in [0.25, 0.3) is 0 Å². The first-order chi connectivity index (χ1) is 21.1. The molecule has 13 atom stereocenters. The molecule has 1 N–H and O–H groups in total. The van der Waals surface area contributed by atoms with Gasteiger partial charge in [0.1, 0.15) is 6.10 Å². The number of carbonyl (C=O) groups excluding carboxylic acids is 1. The largest absolute Gasteiger partial charge is 0.443 e. The molecule has 0 bridgehead atoms. The van der Waals surface area contributed by atoms with Gasteiger partial charge in [-0.2, -0.15) is 0 Å². The molecule has 1 heterocycles. The first kappa shape index (κ1) is 34.3. The number of ether oxygens (including phenoxy) is 2. The molecule has 1 aliphatic heterocycles. The van der Waals surface area contributed by atoms with Crippen LogP contribution >= 0.6 is 0 Å². The lowest BCUT2D eigenvalue weighted by Gasteiger charge is -2.64. The summed E-state index contributed by atoms with van der Waals surface area (Å²) in [7, 11) is -0.297. The van der Waals surface area contributed by atoms with E-state index in [1.54, 1.807) is 7.05 Å². The molecule has 258 valence electrons. The summed E-state index contributed by atoms with van der Waals surface area (Å²) in [5.74, 6) is 3.54. The monoisotopic (exact) mass is 643 g/mol. The molecule has 6 aliphatic rings. The van der Waals surface area contributed by atoms with Gasteiger partial charge < -0.3 is 19.2 Å². The van der Waals surface area contributed by atoms with Gasteiger partial charge in [-0.1, -0.05) is 76.2 Å². The minimum absolute atomic E-state index is 0.0604. The summed E-state index contributed by atoms with van der Waals surface area (Å²) < 4.78 is 21.4. The molecule has 1 saturated heterocycles. The number of amides is 1. The average molecular weight is 644 g/mol. The van der Waals surface area contributed by atoms with Crippen molar-refractivity contribution >= 4 is 14.4 Å². The molecule has 5 saturated carbocycles. The van der Waals surface area contributed by atoms with Crippen molar-refractivity contribution in [2.45, 2.75) is 170 Å². The fourth-order valence-electron chi connectivity index (χ4n) is 14.0. The predicted molar refractivity (Wildman–Crippen MR) is 185 cm³/mol. The SMILES string of the molecule is CC[Si](CC)(CC)O[C@H]1[C@H]2O[C@@H]([C@H](OC(=O)NC)C(C)C)C[C@@H](C)[C@@H]2[C@@]2(C)CC[C@@]34C[C@@]35CC[C@H](C)C(C)(C)[C@@H]5CC[C@H]4[C@]12C. The van der Waals surface area contributed by atoms with E-state index in [9.17, 15) is 4.79 Å². The van der Waals surface area contributed by atoms with Gasteiger partial charge in [0.25, 0.3) is 0 Å². The summed E-state index contributed by atoms with van der Waals surface area (Å²) in [6.45, 7) is 27.2. The third kappa shape index (κ3) is 4.44. The molecule has 1 amide bonds. The topological polar surface area (TPSA) is 56.8 Å². The van der Waals surface area contributed by atoms with Gasteiger partial charge in [0, 0.05) is 12.5 Å². The summed E-state index contributed by atoms with van der Waals surface area (Å²) in [5.41, 5.74) is 1.72. The van der Waals surface area contributed by atoms with E-state index in [1.165, 1.54) is 63.1 Å².